The molecular weight excluding hydrogens is 256 g/mol. The summed E-state index contributed by atoms with van der Waals surface area (Å²) in [5, 5.41) is 12.9. The summed E-state index contributed by atoms with van der Waals surface area (Å²) in [6.07, 6.45) is 0.346. The number of hydrogen-bond acceptors (Lipinski definition) is 5. The molecule has 0 bridgehead atoms. The van der Waals surface area contributed by atoms with E-state index >= 15 is 0 Å². The number of hydrogen-bond donors (Lipinski definition) is 3. The van der Waals surface area contributed by atoms with Gasteiger partial charge in [0.15, 0.2) is 6.10 Å². The van der Waals surface area contributed by atoms with Crippen LogP contribution < -0.4 is 10.6 Å². The minimum atomic E-state index is -1.19. The minimum Gasteiger partial charge on any atom is -0.479 e. The van der Waals surface area contributed by atoms with Gasteiger partial charge in [-0.05, 0) is 19.1 Å². The summed E-state index contributed by atoms with van der Waals surface area (Å²) in [5.41, 5.74) is 0. The maximum absolute atomic E-state index is 11.3. The zero-order chi connectivity index (χ0) is 14.3. The molecule has 1 aromatic heterocycles. The number of urea groups is 1. The Labute approximate surface area is 108 Å². The van der Waals surface area contributed by atoms with Crippen molar-refractivity contribution < 1.29 is 28.6 Å². The van der Waals surface area contributed by atoms with Crippen LogP contribution in [0.25, 0.3) is 0 Å². The highest BCUT2D eigenvalue weighted by Crippen LogP contribution is 1.98. The van der Waals surface area contributed by atoms with Crippen molar-refractivity contribution in [1.82, 2.24) is 10.6 Å². The normalized spacial score (nSPS) is 11.6. The molecule has 3 amide bonds. The van der Waals surface area contributed by atoms with Crippen LogP contribution >= 0.6 is 0 Å². The Kier molecular flexibility index (Phi) is 5.55. The van der Waals surface area contributed by atoms with Gasteiger partial charge in [-0.3, -0.25) is 10.1 Å². The second-order valence-corrected chi connectivity index (χ2v) is 3.60. The van der Waals surface area contributed by atoms with Gasteiger partial charge >= 0.3 is 12.0 Å². The van der Waals surface area contributed by atoms with E-state index in [0.717, 1.165) is 0 Å². The average Bonchev–Trinajstić information content (AvgIpc) is 2.86. The number of aliphatic carboxylic acids is 1. The molecule has 0 aliphatic rings. The molecule has 1 aromatic rings. The van der Waals surface area contributed by atoms with Gasteiger partial charge in [0.05, 0.1) is 12.8 Å². The summed E-state index contributed by atoms with van der Waals surface area (Å²) in [4.78, 5) is 32.9. The maximum Gasteiger partial charge on any atom is 0.332 e. The number of carbonyl (C=O) groups excluding carboxylic acids is 2. The van der Waals surface area contributed by atoms with E-state index in [9.17, 15) is 14.4 Å². The molecular formula is C11H14N2O6. The third-order valence-corrected chi connectivity index (χ3v) is 2.07. The van der Waals surface area contributed by atoms with Crippen molar-refractivity contribution in [3.05, 3.63) is 24.2 Å². The maximum atomic E-state index is 11.3. The molecule has 8 nitrogen and oxygen atoms in total. The Hall–Kier alpha value is -2.35. The average molecular weight is 270 g/mol. The first-order valence-electron chi connectivity index (χ1n) is 5.43. The number of nitrogens with one attached hydrogen (secondary N) is 2. The Balaban J connectivity index is 2.20. The highest BCUT2D eigenvalue weighted by molar-refractivity contribution is 5.94. The van der Waals surface area contributed by atoms with Crippen molar-refractivity contribution in [2.45, 2.75) is 19.6 Å². The summed E-state index contributed by atoms with van der Waals surface area (Å²) < 4.78 is 9.68. The molecule has 0 fully saturated rings. The molecule has 3 N–H and O–H groups in total. The molecule has 0 radical (unpaired) electrons. The molecule has 0 unspecified atom stereocenters. The van der Waals surface area contributed by atoms with E-state index in [-0.39, 0.29) is 6.54 Å². The molecule has 1 rings (SSSR count). The number of carboxylic acids is 1. The fourth-order valence-electron chi connectivity index (χ4n) is 1.06. The highest BCUT2D eigenvalue weighted by atomic mass is 16.5. The van der Waals surface area contributed by atoms with Gasteiger partial charge in [-0.1, -0.05) is 0 Å². The molecule has 0 aliphatic heterocycles. The Bertz CT molecular complexity index is 442. The zero-order valence-electron chi connectivity index (χ0n) is 10.2. The molecule has 0 spiro atoms. The first-order valence-corrected chi connectivity index (χ1v) is 5.43. The summed E-state index contributed by atoms with van der Waals surface area (Å²) in [7, 11) is 0. The van der Waals surface area contributed by atoms with Crippen molar-refractivity contribution in [2.75, 3.05) is 6.61 Å². The van der Waals surface area contributed by atoms with Gasteiger partial charge in [0.2, 0.25) is 0 Å². The third-order valence-electron chi connectivity index (χ3n) is 2.07. The van der Waals surface area contributed by atoms with Crippen LogP contribution in [0.3, 0.4) is 0 Å². The van der Waals surface area contributed by atoms with Gasteiger partial charge in [-0.2, -0.15) is 0 Å². The highest BCUT2D eigenvalue weighted by Gasteiger charge is 2.14. The summed E-state index contributed by atoms with van der Waals surface area (Å²) >= 11 is 0. The Morgan fingerprint density at radius 1 is 1.47 bits per heavy atom. The third kappa shape index (κ3) is 5.68. The van der Waals surface area contributed by atoms with Gasteiger partial charge in [-0.15, -0.1) is 0 Å². The van der Waals surface area contributed by atoms with E-state index in [1.807, 2.05) is 5.32 Å². The predicted octanol–water partition coefficient (Wildman–Crippen LogP) is 0.0951. The predicted molar refractivity (Wildman–Crippen MR) is 62.1 cm³/mol. The van der Waals surface area contributed by atoms with Crippen LogP contribution in [0.4, 0.5) is 4.79 Å². The van der Waals surface area contributed by atoms with Crippen LogP contribution in [0.1, 0.15) is 12.7 Å². The smallest absolute Gasteiger partial charge is 0.332 e. The largest absolute Gasteiger partial charge is 0.479 e. The zero-order valence-corrected chi connectivity index (χ0v) is 10.2. The lowest BCUT2D eigenvalue weighted by atomic mass is 10.4. The second-order valence-electron chi connectivity index (χ2n) is 3.60. The minimum absolute atomic E-state index is 0.137. The first-order chi connectivity index (χ1) is 8.99. The lowest BCUT2D eigenvalue weighted by Crippen LogP contribution is -2.41. The van der Waals surface area contributed by atoms with Crippen LogP contribution in [0, 0.1) is 0 Å². The van der Waals surface area contributed by atoms with Crippen molar-refractivity contribution in [3.63, 3.8) is 0 Å². The van der Waals surface area contributed by atoms with E-state index in [4.69, 9.17) is 14.3 Å². The summed E-state index contributed by atoms with van der Waals surface area (Å²) in [5.74, 6) is -1.38. The number of carboxylic acid groups (broad SMARTS) is 1. The fourth-order valence-corrected chi connectivity index (χ4v) is 1.06. The van der Waals surface area contributed by atoms with Crippen molar-refractivity contribution in [3.8, 4) is 0 Å². The van der Waals surface area contributed by atoms with Gasteiger partial charge in [0.1, 0.15) is 12.4 Å². The van der Waals surface area contributed by atoms with E-state index in [0.29, 0.717) is 5.76 Å². The van der Waals surface area contributed by atoms with E-state index in [2.05, 4.69) is 5.32 Å². The summed E-state index contributed by atoms with van der Waals surface area (Å²) in [6, 6.07) is 2.62. The van der Waals surface area contributed by atoms with Crippen LogP contribution in [0.2, 0.25) is 0 Å². The topological polar surface area (TPSA) is 118 Å². The Morgan fingerprint density at radius 3 is 2.79 bits per heavy atom. The van der Waals surface area contributed by atoms with E-state index < -0.39 is 30.6 Å². The SMILES string of the molecule is C[C@@H](OCC(=O)NC(=O)NCc1ccco1)C(=O)O. The first kappa shape index (κ1) is 14.7. The monoisotopic (exact) mass is 270 g/mol. The lowest BCUT2D eigenvalue weighted by Gasteiger charge is -2.08. The molecule has 1 heterocycles. The molecule has 0 aliphatic carbocycles. The fraction of sp³-hybridized carbons (Fsp3) is 0.364. The van der Waals surface area contributed by atoms with Crippen LogP contribution in [-0.4, -0.2) is 35.7 Å². The van der Waals surface area contributed by atoms with Gasteiger partial charge in [0, 0.05) is 0 Å². The number of furan rings is 1. The molecule has 0 saturated carbocycles. The number of carbonyl (C=O) groups is 3. The van der Waals surface area contributed by atoms with Crippen LogP contribution in [-0.2, 0) is 20.9 Å². The standard InChI is InChI=1S/C11H14N2O6/c1-7(10(15)16)19-6-9(14)13-11(17)12-5-8-3-2-4-18-8/h2-4,7H,5-6H2,1H3,(H,15,16)(H2,12,13,14,17)/t7-/m1/s1. The van der Waals surface area contributed by atoms with Crippen molar-refractivity contribution in [2.24, 2.45) is 0 Å². The van der Waals surface area contributed by atoms with Crippen molar-refractivity contribution in [1.29, 1.82) is 0 Å². The van der Waals surface area contributed by atoms with Gasteiger partial charge in [0.25, 0.3) is 5.91 Å². The molecule has 0 saturated heterocycles. The molecule has 1 atom stereocenters. The summed E-state index contributed by atoms with van der Waals surface area (Å²) in [6.45, 7) is 0.909. The molecule has 104 valence electrons. The van der Waals surface area contributed by atoms with E-state index in [1.165, 1.54) is 13.2 Å². The lowest BCUT2D eigenvalue weighted by molar-refractivity contribution is -0.150. The second kappa shape index (κ2) is 7.17. The van der Waals surface area contributed by atoms with E-state index in [1.54, 1.807) is 12.1 Å². The molecule has 19 heavy (non-hydrogen) atoms. The number of rotatable bonds is 6. The Morgan fingerprint density at radius 2 is 2.21 bits per heavy atom. The van der Waals surface area contributed by atoms with Crippen molar-refractivity contribution >= 4 is 17.9 Å². The number of amides is 3. The van der Waals surface area contributed by atoms with Crippen LogP contribution in [0.15, 0.2) is 22.8 Å². The van der Waals surface area contributed by atoms with Crippen LogP contribution in [0.5, 0.6) is 0 Å². The number of imide groups is 1. The quantitative estimate of drug-likeness (QED) is 0.674. The number of ether oxygens (including phenoxy) is 1. The molecule has 0 aromatic carbocycles. The van der Waals surface area contributed by atoms with Gasteiger partial charge < -0.3 is 19.6 Å². The van der Waals surface area contributed by atoms with Gasteiger partial charge in [-0.25, -0.2) is 9.59 Å². The molecule has 8 heteroatoms.